The summed E-state index contributed by atoms with van der Waals surface area (Å²) in [5, 5.41) is 11.0. The Balaban J connectivity index is 1.32. The lowest BCUT2D eigenvalue weighted by molar-refractivity contribution is -0.207. The highest BCUT2D eigenvalue weighted by Crippen LogP contribution is 2.75. The van der Waals surface area contributed by atoms with Gasteiger partial charge in [0.2, 0.25) is 0 Å². The van der Waals surface area contributed by atoms with E-state index in [-0.39, 0.29) is 52.2 Å². The number of amides is 1. The number of hydrogen-bond acceptors (Lipinski definition) is 5. The largest absolute Gasteiger partial charge is 0.455 e. The molecule has 0 aromatic rings. The molecule has 5 fully saturated rings. The quantitative estimate of drug-likeness (QED) is 0.307. The highest BCUT2D eigenvalue weighted by molar-refractivity contribution is 5.84. The SMILES string of the molecule is C[C@H]1[C@H](C)CC[C@]2(C(=O)OCC(=O)N3CCOCC3)CC[C@]3(C)C(=CC[C@@H]4[C@@]5(C)CC[C@H](O)C(C)(C)[C@@H]5CC[C@]43C)[C@H]12. The van der Waals surface area contributed by atoms with Crippen LogP contribution in [-0.4, -0.2) is 60.9 Å². The van der Waals surface area contributed by atoms with Crippen molar-refractivity contribution in [2.45, 2.75) is 112 Å². The predicted molar refractivity (Wildman–Crippen MR) is 163 cm³/mol. The van der Waals surface area contributed by atoms with E-state index < -0.39 is 5.41 Å². The van der Waals surface area contributed by atoms with Crippen LogP contribution in [0.5, 0.6) is 0 Å². The van der Waals surface area contributed by atoms with Gasteiger partial charge in [0.1, 0.15) is 0 Å². The number of ether oxygens (including phenoxy) is 2. The first kappa shape index (κ1) is 30.6. The molecule has 0 radical (unpaired) electrons. The van der Waals surface area contributed by atoms with Crippen LogP contribution in [0.15, 0.2) is 11.6 Å². The second-order valence-corrected chi connectivity index (χ2v) is 16.7. The van der Waals surface area contributed by atoms with E-state index in [0.29, 0.717) is 50.0 Å². The van der Waals surface area contributed by atoms with Crippen molar-refractivity contribution in [3.63, 3.8) is 0 Å². The molecule has 236 valence electrons. The van der Waals surface area contributed by atoms with E-state index in [2.05, 4.69) is 54.5 Å². The Morgan fingerprint density at radius 3 is 2.38 bits per heavy atom. The summed E-state index contributed by atoms with van der Waals surface area (Å²) < 4.78 is 11.4. The normalized spacial score (nSPS) is 48.1. The van der Waals surface area contributed by atoms with Crippen molar-refractivity contribution in [3.05, 3.63) is 11.6 Å². The highest BCUT2D eigenvalue weighted by Gasteiger charge is 2.69. The molecule has 0 aromatic carbocycles. The number of esters is 1. The van der Waals surface area contributed by atoms with Gasteiger partial charge in [-0.15, -0.1) is 0 Å². The molecule has 0 unspecified atom stereocenters. The number of carbonyl (C=O) groups excluding carboxylic acids is 2. The molecule has 6 rings (SSSR count). The van der Waals surface area contributed by atoms with E-state index in [0.717, 1.165) is 44.9 Å². The van der Waals surface area contributed by atoms with Crippen LogP contribution in [0.2, 0.25) is 0 Å². The summed E-state index contributed by atoms with van der Waals surface area (Å²) in [7, 11) is 0. The zero-order chi connectivity index (χ0) is 30.3. The molecule has 5 aliphatic carbocycles. The summed E-state index contributed by atoms with van der Waals surface area (Å²) >= 11 is 0. The van der Waals surface area contributed by atoms with Crippen LogP contribution >= 0.6 is 0 Å². The molecule has 0 aromatic heterocycles. The van der Waals surface area contributed by atoms with Crippen molar-refractivity contribution in [3.8, 4) is 0 Å². The Morgan fingerprint density at radius 1 is 0.952 bits per heavy atom. The first-order valence-electron chi connectivity index (χ1n) is 17.1. The molecular formula is C36H57NO5. The Labute approximate surface area is 254 Å². The van der Waals surface area contributed by atoms with Crippen LogP contribution in [0.25, 0.3) is 0 Å². The number of hydrogen-bond donors (Lipinski definition) is 1. The van der Waals surface area contributed by atoms with Crippen LogP contribution < -0.4 is 0 Å². The Morgan fingerprint density at radius 2 is 1.67 bits per heavy atom. The maximum absolute atomic E-state index is 14.2. The van der Waals surface area contributed by atoms with Gasteiger partial charge in [-0.3, -0.25) is 9.59 Å². The number of rotatable bonds is 3. The van der Waals surface area contributed by atoms with Crippen molar-refractivity contribution < 1.29 is 24.2 Å². The van der Waals surface area contributed by atoms with Crippen molar-refractivity contribution in [2.75, 3.05) is 32.9 Å². The van der Waals surface area contributed by atoms with Gasteiger partial charge in [-0.05, 0) is 109 Å². The highest BCUT2D eigenvalue weighted by atomic mass is 16.5. The fourth-order valence-corrected chi connectivity index (χ4v) is 12.0. The lowest BCUT2D eigenvalue weighted by Crippen LogP contribution is -2.65. The standard InChI is InChI=1S/C36H57NO5/c1-23-10-15-36(31(40)42-22-29(39)37-18-20-41-21-19-37)17-16-34(6)25(30(36)24(23)2)8-9-27-33(5)13-12-28(38)32(3,4)26(33)11-14-35(27,34)7/h8,23-24,26-28,30,38H,9-22H2,1-7H3/t23-,24+,26+,27-,28+,30+,33+,34-,35-,36+/m1/s1. The number of morpholine rings is 1. The third kappa shape index (κ3) is 4.16. The maximum Gasteiger partial charge on any atom is 0.313 e. The minimum Gasteiger partial charge on any atom is -0.455 e. The van der Waals surface area contributed by atoms with Crippen LogP contribution in [0, 0.1) is 56.7 Å². The van der Waals surface area contributed by atoms with Gasteiger partial charge in [0.15, 0.2) is 6.61 Å². The molecule has 6 aliphatic rings. The van der Waals surface area contributed by atoms with Crippen LogP contribution in [0.4, 0.5) is 0 Å². The van der Waals surface area contributed by atoms with Gasteiger partial charge in [0, 0.05) is 13.1 Å². The monoisotopic (exact) mass is 583 g/mol. The summed E-state index contributed by atoms with van der Waals surface area (Å²) in [6.45, 7) is 19.1. The molecule has 0 spiro atoms. The van der Waals surface area contributed by atoms with Gasteiger partial charge >= 0.3 is 5.97 Å². The molecule has 6 heteroatoms. The second kappa shape index (κ2) is 10.3. The molecule has 0 bridgehead atoms. The van der Waals surface area contributed by atoms with E-state index in [1.54, 1.807) is 4.90 Å². The van der Waals surface area contributed by atoms with E-state index in [9.17, 15) is 14.7 Å². The average Bonchev–Trinajstić information content (AvgIpc) is 2.96. The van der Waals surface area contributed by atoms with Gasteiger partial charge in [-0.2, -0.15) is 0 Å². The number of carbonyl (C=O) groups is 2. The molecule has 1 aliphatic heterocycles. The lowest BCUT2D eigenvalue weighted by Gasteiger charge is -2.71. The fraction of sp³-hybridized carbons (Fsp3) is 0.889. The molecule has 6 nitrogen and oxygen atoms in total. The molecule has 42 heavy (non-hydrogen) atoms. The van der Waals surface area contributed by atoms with Gasteiger partial charge in [-0.1, -0.05) is 60.1 Å². The third-order valence-corrected chi connectivity index (χ3v) is 15.1. The molecule has 4 saturated carbocycles. The Hall–Kier alpha value is -1.40. The predicted octanol–water partition coefficient (Wildman–Crippen LogP) is 6.41. The molecular weight excluding hydrogens is 526 g/mol. The van der Waals surface area contributed by atoms with Crippen LogP contribution in [0.1, 0.15) is 106 Å². The maximum atomic E-state index is 14.2. The molecule has 1 amide bonds. The number of allylic oxidation sites excluding steroid dienone is 2. The van der Waals surface area contributed by atoms with Gasteiger partial charge < -0.3 is 19.5 Å². The summed E-state index contributed by atoms with van der Waals surface area (Å²) in [5.41, 5.74) is 1.33. The van der Waals surface area contributed by atoms with Crippen molar-refractivity contribution in [1.29, 1.82) is 0 Å². The number of aliphatic hydroxyl groups excluding tert-OH is 1. The number of fused-ring (bicyclic) bond motifs is 7. The first-order valence-corrected chi connectivity index (χ1v) is 17.1. The topological polar surface area (TPSA) is 76.1 Å². The van der Waals surface area contributed by atoms with E-state index >= 15 is 0 Å². The van der Waals surface area contributed by atoms with Crippen molar-refractivity contribution in [1.82, 2.24) is 4.90 Å². The number of nitrogens with zero attached hydrogens (tertiary/aromatic N) is 1. The molecule has 1 saturated heterocycles. The van der Waals surface area contributed by atoms with E-state index in [4.69, 9.17) is 9.47 Å². The summed E-state index contributed by atoms with van der Waals surface area (Å²) in [6.07, 6.45) is 11.5. The minimum absolute atomic E-state index is 0.0352. The van der Waals surface area contributed by atoms with E-state index in [1.165, 1.54) is 18.4 Å². The zero-order valence-electron chi connectivity index (χ0n) is 27.5. The third-order valence-electron chi connectivity index (χ3n) is 15.1. The van der Waals surface area contributed by atoms with Gasteiger partial charge in [0.05, 0.1) is 24.7 Å². The minimum atomic E-state index is -0.538. The number of aliphatic hydroxyl groups is 1. The smallest absolute Gasteiger partial charge is 0.313 e. The fourth-order valence-electron chi connectivity index (χ4n) is 12.0. The van der Waals surface area contributed by atoms with Crippen LogP contribution in [0.3, 0.4) is 0 Å². The average molecular weight is 584 g/mol. The Kier molecular flexibility index (Phi) is 7.53. The van der Waals surface area contributed by atoms with E-state index in [1.807, 2.05) is 0 Å². The van der Waals surface area contributed by atoms with Gasteiger partial charge in [-0.25, -0.2) is 0 Å². The van der Waals surface area contributed by atoms with Crippen molar-refractivity contribution >= 4 is 11.9 Å². The Bertz CT molecular complexity index is 1130. The zero-order valence-corrected chi connectivity index (χ0v) is 27.5. The first-order chi connectivity index (χ1) is 19.7. The second-order valence-electron chi connectivity index (χ2n) is 16.7. The van der Waals surface area contributed by atoms with Gasteiger partial charge in [0.25, 0.3) is 5.91 Å². The van der Waals surface area contributed by atoms with Crippen LogP contribution in [-0.2, 0) is 19.1 Å². The molecule has 1 N–H and O–H groups in total. The molecule has 1 heterocycles. The molecule has 10 atom stereocenters. The summed E-state index contributed by atoms with van der Waals surface area (Å²) in [4.78, 5) is 28.9. The summed E-state index contributed by atoms with van der Waals surface area (Å²) in [6, 6.07) is 0. The lowest BCUT2D eigenvalue weighted by atomic mass is 9.33. The summed E-state index contributed by atoms with van der Waals surface area (Å²) in [5.74, 6) is 1.97. The van der Waals surface area contributed by atoms with Crippen molar-refractivity contribution in [2.24, 2.45) is 56.7 Å².